The standard InChI is InChI=1S/C50H28N4S/c1-2-13-29(14-3-1)47-36-17-4-7-22-38(36)51-50(52-47)54-40-24-9-6-16-31(40)35-27-28-41-44(49(35)54)37-21-10-20-34-33-19-12-26-43-46(33)45-32(18-11-25-42(45)55-43)30-15-5-8-23-39(30)53(41)48(34)37/h1-28H. The van der Waals surface area contributed by atoms with Gasteiger partial charge in [-0.1, -0.05) is 133 Å². The highest BCUT2D eigenvalue weighted by Gasteiger charge is 2.24. The van der Waals surface area contributed by atoms with Crippen LogP contribution in [-0.4, -0.2) is 18.9 Å². The Morgan fingerprint density at radius 1 is 0.364 bits per heavy atom. The summed E-state index contributed by atoms with van der Waals surface area (Å²) in [4.78, 5) is 10.8. The number of para-hydroxylation sites is 4. The number of nitrogens with zero attached hydrogens (tertiary/aromatic N) is 4. The van der Waals surface area contributed by atoms with Gasteiger partial charge in [0.15, 0.2) is 0 Å². The lowest BCUT2D eigenvalue weighted by atomic mass is 10.0. The predicted octanol–water partition coefficient (Wildman–Crippen LogP) is 13.6. The second-order valence-electron chi connectivity index (χ2n) is 14.5. The fourth-order valence-corrected chi connectivity index (χ4v) is 10.6. The first-order valence-corrected chi connectivity index (χ1v) is 19.5. The molecule has 8 aromatic carbocycles. The molecule has 0 saturated heterocycles. The number of rotatable bonds is 2. The molecule has 0 saturated carbocycles. The van der Waals surface area contributed by atoms with E-state index in [4.69, 9.17) is 9.97 Å². The summed E-state index contributed by atoms with van der Waals surface area (Å²) in [5.74, 6) is 0.661. The van der Waals surface area contributed by atoms with Gasteiger partial charge in [-0.2, -0.15) is 0 Å². The summed E-state index contributed by atoms with van der Waals surface area (Å²) in [6.45, 7) is 0. The Labute approximate surface area is 317 Å². The number of benzene rings is 8. The summed E-state index contributed by atoms with van der Waals surface area (Å²) in [5.41, 5.74) is 8.63. The minimum Gasteiger partial charge on any atom is -0.308 e. The van der Waals surface area contributed by atoms with Gasteiger partial charge in [-0.3, -0.25) is 4.57 Å². The first kappa shape index (κ1) is 29.4. The third-order valence-electron chi connectivity index (χ3n) is 11.7. The van der Waals surface area contributed by atoms with Crippen LogP contribution in [-0.2, 0) is 0 Å². The quantitative estimate of drug-likeness (QED) is 0.179. The molecule has 55 heavy (non-hydrogen) atoms. The smallest absolute Gasteiger partial charge is 0.235 e. The van der Waals surface area contributed by atoms with Crippen LogP contribution in [0.15, 0.2) is 170 Å². The summed E-state index contributed by atoms with van der Waals surface area (Å²) >= 11 is 1.89. The molecule has 13 aromatic rings. The van der Waals surface area contributed by atoms with E-state index in [1.807, 2.05) is 11.3 Å². The number of thiophene rings is 1. The van der Waals surface area contributed by atoms with Crippen LogP contribution in [0.3, 0.4) is 0 Å². The van der Waals surface area contributed by atoms with Gasteiger partial charge in [0.2, 0.25) is 5.95 Å². The predicted molar refractivity (Wildman–Crippen MR) is 233 cm³/mol. The Kier molecular flexibility index (Phi) is 5.74. The lowest BCUT2D eigenvalue weighted by molar-refractivity contribution is 1.02. The van der Waals surface area contributed by atoms with Crippen molar-refractivity contribution < 1.29 is 0 Å². The molecular formula is C50H28N4S. The Morgan fingerprint density at radius 2 is 0.945 bits per heavy atom. The Hall–Kier alpha value is -7.08. The third-order valence-corrected chi connectivity index (χ3v) is 12.8. The Bertz CT molecular complexity index is 3780. The maximum absolute atomic E-state index is 5.45. The molecular weight excluding hydrogens is 689 g/mol. The van der Waals surface area contributed by atoms with Gasteiger partial charge in [-0.05, 0) is 47.2 Å². The zero-order valence-electron chi connectivity index (χ0n) is 29.4. The summed E-state index contributed by atoms with van der Waals surface area (Å²) in [6.07, 6.45) is 0. The van der Waals surface area contributed by atoms with E-state index in [0.717, 1.165) is 38.7 Å². The molecule has 0 spiro atoms. The second-order valence-corrected chi connectivity index (χ2v) is 15.6. The van der Waals surface area contributed by atoms with Crippen LogP contribution >= 0.6 is 11.3 Å². The molecule has 13 rings (SSSR count). The average Bonchev–Trinajstić information content (AvgIpc) is 3.92. The van der Waals surface area contributed by atoms with Crippen LogP contribution in [0.2, 0.25) is 0 Å². The zero-order chi connectivity index (χ0) is 35.8. The maximum Gasteiger partial charge on any atom is 0.235 e. The molecule has 5 aromatic heterocycles. The molecule has 0 fully saturated rings. The molecule has 0 amide bonds. The van der Waals surface area contributed by atoms with Gasteiger partial charge in [0.25, 0.3) is 0 Å². The molecule has 4 nitrogen and oxygen atoms in total. The number of aromatic nitrogens is 4. The topological polar surface area (TPSA) is 35.1 Å². The van der Waals surface area contributed by atoms with Crippen LogP contribution in [0.5, 0.6) is 0 Å². The summed E-state index contributed by atoms with van der Waals surface area (Å²) < 4.78 is 7.47. The lowest BCUT2D eigenvalue weighted by Gasteiger charge is -2.12. The number of hydrogen-bond donors (Lipinski definition) is 0. The summed E-state index contributed by atoms with van der Waals surface area (Å²) in [6, 6.07) is 61.6. The van der Waals surface area contributed by atoms with Crippen molar-refractivity contribution in [3.8, 4) is 17.2 Å². The number of hydrogen-bond acceptors (Lipinski definition) is 3. The van der Waals surface area contributed by atoms with Crippen molar-refractivity contribution >= 4 is 113 Å². The van der Waals surface area contributed by atoms with E-state index in [1.165, 1.54) is 74.3 Å². The normalized spacial score (nSPS) is 12.4. The maximum atomic E-state index is 5.45. The molecule has 0 unspecified atom stereocenters. The lowest BCUT2D eigenvalue weighted by Crippen LogP contribution is -2.03. The van der Waals surface area contributed by atoms with Crippen LogP contribution in [0.1, 0.15) is 0 Å². The SMILES string of the molecule is c1ccc(-c2nc(-n3c4ccccc4c4ccc5c(c6cccc7c8cccc9sc%10cccc(c%11ccccc%11n5c76)c%10c98)c43)nc3ccccc23)cc1. The van der Waals surface area contributed by atoms with Crippen molar-refractivity contribution in [3.05, 3.63) is 170 Å². The van der Waals surface area contributed by atoms with Crippen LogP contribution < -0.4 is 0 Å². The highest BCUT2D eigenvalue weighted by Crippen LogP contribution is 2.46. The molecule has 0 bridgehead atoms. The highest BCUT2D eigenvalue weighted by molar-refractivity contribution is 7.26. The van der Waals surface area contributed by atoms with Gasteiger partial charge >= 0.3 is 0 Å². The first-order valence-electron chi connectivity index (χ1n) is 18.7. The van der Waals surface area contributed by atoms with E-state index in [1.54, 1.807) is 0 Å². The molecule has 0 N–H and O–H groups in total. The molecule has 254 valence electrons. The largest absolute Gasteiger partial charge is 0.308 e. The van der Waals surface area contributed by atoms with E-state index < -0.39 is 0 Å². The van der Waals surface area contributed by atoms with Crippen molar-refractivity contribution in [2.24, 2.45) is 0 Å². The van der Waals surface area contributed by atoms with Crippen LogP contribution in [0.4, 0.5) is 0 Å². The molecule has 0 radical (unpaired) electrons. The van der Waals surface area contributed by atoms with Crippen LogP contribution in [0, 0.1) is 0 Å². The van der Waals surface area contributed by atoms with Gasteiger partial charge in [-0.15, -0.1) is 11.3 Å². The average molecular weight is 717 g/mol. The second kappa shape index (κ2) is 10.8. The van der Waals surface area contributed by atoms with Gasteiger partial charge in [0.05, 0.1) is 38.8 Å². The molecule has 0 aliphatic carbocycles. The van der Waals surface area contributed by atoms with Crippen molar-refractivity contribution in [1.82, 2.24) is 18.9 Å². The molecule has 5 heterocycles. The fourth-order valence-electron chi connectivity index (χ4n) is 9.47. The molecule has 0 aliphatic heterocycles. The monoisotopic (exact) mass is 716 g/mol. The van der Waals surface area contributed by atoms with Crippen molar-refractivity contribution in [2.75, 3.05) is 0 Å². The number of fused-ring (bicyclic) bond motifs is 12. The van der Waals surface area contributed by atoms with Gasteiger partial charge in [-0.25, -0.2) is 9.97 Å². The van der Waals surface area contributed by atoms with Crippen molar-refractivity contribution in [2.45, 2.75) is 0 Å². The Balaban J connectivity index is 1.31. The fraction of sp³-hybridized carbons (Fsp3) is 0. The molecule has 5 heteroatoms. The zero-order valence-corrected chi connectivity index (χ0v) is 30.2. The third kappa shape index (κ3) is 3.84. The minimum absolute atomic E-state index is 0.661. The van der Waals surface area contributed by atoms with Gasteiger partial charge in [0, 0.05) is 63.4 Å². The summed E-state index contributed by atoms with van der Waals surface area (Å²) in [5, 5.41) is 13.4. The minimum atomic E-state index is 0.661. The van der Waals surface area contributed by atoms with E-state index in [-0.39, 0.29) is 0 Å². The summed E-state index contributed by atoms with van der Waals surface area (Å²) in [7, 11) is 0. The van der Waals surface area contributed by atoms with Gasteiger partial charge in [0.1, 0.15) is 0 Å². The van der Waals surface area contributed by atoms with Crippen molar-refractivity contribution in [3.63, 3.8) is 0 Å². The van der Waals surface area contributed by atoms with E-state index >= 15 is 0 Å². The Morgan fingerprint density at radius 3 is 1.75 bits per heavy atom. The van der Waals surface area contributed by atoms with Crippen molar-refractivity contribution in [1.29, 1.82) is 0 Å². The van der Waals surface area contributed by atoms with E-state index in [0.29, 0.717) is 5.95 Å². The molecule has 0 atom stereocenters. The molecule has 0 aliphatic rings. The van der Waals surface area contributed by atoms with Gasteiger partial charge < -0.3 is 4.40 Å². The first-order chi connectivity index (χ1) is 27.3. The van der Waals surface area contributed by atoms with E-state index in [9.17, 15) is 0 Å². The van der Waals surface area contributed by atoms with E-state index in [2.05, 4.69) is 179 Å². The van der Waals surface area contributed by atoms with Crippen LogP contribution in [0.25, 0.3) is 119 Å². The highest BCUT2D eigenvalue weighted by atomic mass is 32.1.